The smallest absolute Gasteiger partial charge is 0.141 e. The van der Waals surface area contributed by atoms with Gasteiger partial charge in [0.05, 0.1) is 11.2 Å². The highest BCUT2D eigenvalue weighted by Crippen LogP contribution is 2.39. The molecule has 0 fully saturated rings. The molecule has 0 aliphatic rings. The van der Waals surface area contributed by atoms with E-state index in [1.54, 1.807) is 12.1 Å². The van der Waals surface area contributed by atoms with E-state index in [0.29, 0.717) is 11.4 Å². The molecule has 0 atom stereocenters. The SMILES string of the molecule is Cn1c(-c2ccc(F)cc2)c(N=O)c2ccccc21. The predicted octanol–water partition coefficient (Wildman–Crippen LogP) is 4.38. The van der Waals surface area contributed by atoms with Crippen LogP contribution in [0.1, 0.15) is 0 Å². The Labute approximate surface area is 109 Å². The van der Waals surface area contributed by atoms with E-state index >= 15 is 0 Å². The lowest BCUT2D eigenvalue weighted by Crippen LogP contribution is -1.91. The number of rotatable bonds is 2. The van der Waals surface area contributed by atoms with Crippen LogP contribution in [0.15, 0.2) is 53.7 Å². The highest BCUT2D eigenvalue weighted by Gasteiger charge is 2.16. The summed E-state index contributed by atoms with van der Waals surface area (Å²) in [5, 5.41) is 3.96. The largest absolute Gasteiger partial charge is 0.342 e. The van der Waals surface area contributed by atoms with E-state index in [2.05, 4.69) is 5.18 Å². The summed E-state index contributed by atoms with van der Waals surface area (Å²) in [5.41, 5.74) is 2.80. The molecule has 3 nitrogen and oxygen atoms in total. The number of benzene rings is 2. The number of nitroso groups, excluding NO2 is 1. The third-order valence-electron chi connectivity index (χ3n) is 3.29. The van der Waals surface area contributed by atoms with Crippen molar-refractivity contribution in [2.24, 2.45) is 12.2 Å². The zero-order chi connectivity index (χ0) is 13.4. The molecule has 0 spiro atoms. The Balaban J connectivity index is 2.37. The maximum absolute atomic E-state index is 13.0. The summed E-state index contributed by atoms with van der Waals surface area (Å²) in [4.78, 5) is 11.2. The van der Waals surface area contributed by atoms with Crippen molar-refractivity contribution in [3.63, 3.8) is 0 Å². The molecular weight excluding hydrogens is 243 g/mol. The Morgan fingerprint density at radius 1 is 1.05 bits per heavy atom. The molecule has 0 amide bonds. The molecule has 0 aliphatic carbocycles. The average molecular weight is 254 g/mol. The summed E-state index contributed by atoms with van der Waals surface area (Å²) >= 11 is 0. The Morgan fingerprint density at radius 2 is 1.74 bits per heavy atom. The normalized spacial score (nSPS) is 10.8. The lowest BCUT2D eigenvalue weighted by atomic mass is 10.1. The highest BCUT2D eigenvalue weighted by molar-refractivity contribution is 6.00. The summed E-state index contributed by atoms with van der Waals surface area (Å²) in [7, 11) is 1.87. The van der Waals surface area contributed by atoms with Crippen LogP contribution in [0.3, 0.4) is 0 Å². The minimum Gasteiger partial charge on any atom is -0.342 e. The number of hydrogen-bond donors (Lipinski definition) is 0. The van der Waals surface area contributed by atoms with Gasteiger partial charge in [-0.3, -0.25) is 0 Å². The van der Waals surface area contributed by atoms with Gasteiger partial charge in [0.1, 0.15) is 11.5 Å². The summed E-state index contributed by atoms with van der Waals surface area (Å²) in [6.45, 7) is 0. The Hall–Kier alpha value is -2.49. The second-order valence-electron chi connectivity index (χ2n) is 4.37. The van der Waals surface area contributed by atoms with Gasteiger partial charge in [-0.2, -0.15) is 0 Å². The van der Waals surface area contributed by atoms with Crippen molar-refractivity contribution >= 4 is 16.6 Å². The van der Waals surface area contributed by atoms with Crippen molar-refractivity contribution in [3.05, 3.63) is 59.3 Å². The first-order valence-corrected chi connectivity index (χ1v) is 5.89. The molecule has 3 aromatic rings. The van der Waals surface area contributed by atoms with E-state index in [9.17, 15) is 9.30 Å². The van der Waals surface area contributed by atoms with Crippen LogP contribution in [0.5, 0.6) is 0 Å². The second-order valence-corrected chi connectivity index (χ2v) is 4.37. The van der Waals surface area contributed by atoms with Crippen molar-refractivity contribution in [2.75, 3.05) is 0 Å². The van der Waals surface area contributed by atoms with Crippen LogP contribution in [0.25, 0.3) is 22.2 Å². The molecule has 0 unspecified atom stereocenters. The molecule has 3 rings (SSSR count). The minimum absolute atomic E-state index is 0.303. The molecule has 1 heterocycles. The van der Waals surface area contributed by atoms with Gasteiger partial charge < -0.3 is 4.57 Å². The molecule has 0 aliphatic heterocycles. The van der Waals surface area contributed by atoms with Gasteiger partial charge in [0.25, 0.3) is 0 Å². The van der Waals surface area contributed by atoms with E-state index in [0.717, 1.165) is 16.5 Å². The minimum atomic E-state index is -0.303. The number of aryl methyl sites for hydroxylation is 1. The topological polar surface area (TPSA) is 34.4 Å². The van der Waals surface area contributed by atoms with E-state index in [-0.39, 0.29) is 5.82 Å². The maximum atomic E-state index is 13.0. The van der Waals surface area contributed by atoms with Crippen molar-refractivity contribution in [2.45, 2.75) is 0 Å². The van der Waals surface area contributed by atoms with Gasteiger partial charge >= 0.3 is 0 Å². The van der Waals surface area contributed by atoms with Crippen LogP contribution in [0.2, 0.25) is 0 Å². The zero-order valence-corrected chi connectivity index (χ0v) is 10.3. The van der Waals surface area contributed by atoms with Gasteiger partial charge in [-0.25, -0.2) is 4.39 Å². The number of para-hydroxylation sites is 1. The fourth-order valence-corrected chi connectivity index (χ4v) is 2.40. The molecule has 0 saturated carbocycles. The monoisotopic (exact) mass is 254 g/mol. The second kappa shape index (κ2) is 4.31. The first kappa shape index (κ1) is 11.6. The van der Waals surface area contributed by atoms with Gasteiger partial charge in [-0.1, -0.05) is 18.2 Å². The quantitative estimate of drug-likeness (QED) is 0.625. The molecule has 4 heteroatoms. The van der Waals surface area contributed by atoms with Crippen LogP contribution in [-0.2, 0) is 7.05 Å². The number of fused-ring (bicyclic) bond motifs is 1. The van der Waals surface area contributed by atoms with E-state index in [4.69, 9.17) is 0 Å². The molecule has 1 aromatic heterocycles. The van der Waals surface area contributed by atoms with Crippen LogP contribution >= 0.6 is 0 Å². The summed E-state index contributed by atoms with van der Waals surface area (Å²) < 4.78 is 14.9. The Bertz CT molecular complexity index is 760. The summed E-state index contributed by atoms with van der Waals surface area (Å²) in [5.74, 6) is -0.303. The molecular formula is C15H11FN2O. The first-order chi connectivity index (χ1) is 9.22. The molecule has 0 bridgehead atoms. The van der Waals surface area contributed by atoms with Crippen molar-refractivity contribution in [1.82, 2.24) is 4.57 Å². The maximum Gasteiger partial charge on any atom is 0.141 e. The van der Waals surface area contributed by atoms with Crippen LogP contribution < -0.4 is 0 Å². The van der Waals surface area contributed by atoms with Crippen molar-refractivity contribution in [1.29, 1.82) is 0 Å². The Kier molecular flexibility index (Phi) is 2.63. The number of aromatic nitrogens is 1. The standard InChI is InChI=1S/C15H11FN2O/c1-18-13-5-3-2-4-12(13)14(17-19)15(18)10-6-8-11(16)9-7-10/h2-9H,1H3. The molecule has 2 aromatic carbocycles. The van der Waals surface area contributed by atoms with Crippen LogP contribution in [0.4, 0.5) is 10.1 Å². The van der Waals surface area contributed by atoms with Crippen molar-refractivity contribution in [3.8, 4) is 11.3 Å². The number of halogens is 1. The fraction of sp³-hybridized carbons (Fsp3) is 0.0667. The third-order valence-corrected chi connectivity index (χ3v) is 3.29. The van der Waals surface area contributed by atoms with Crippen LogP contribution in [0, 0.1) is 10.7 Å². The van der Waals surface area contributed by atoms with Gasteiger partial charge in [-0.15, -0.1) is 4.91 Å². The Morgan fingerprint density at radius 3 is 2.42 bits per heavy atom. The van der Waals surface area contributed by atoms with E-state index in [1.165, 1.54) is 12.1 Å². The third kappa shape index (κ3) is 1.73. The highest BCUT2D eigenvalue weighted by atomic mass is 19.1. The number of hydrogen-bond acceptors (Lipinski definition) is 2. The average Bonchev–Trinajstić information content (AvgIpc) is 2.73. The molecule has 94 valence electrons. The lowest BCUT2D eigenvalue weighted by Gasteiger charge is -2.04. The van der Waals surface area contributed by atoms with Gasteiger partial charge in [0, 0.05) is 18.0 Å². The van der Waals surface area contributed by atoms with E-state index < -0.39 is 0 Å². The number of nitrogens with zero attached hydrogens (tertiary/aromatic N) is 2. The molecule has 0 N–H and O–H groups in total. The summed E-state index contributed by atoms with van der Waals surface area (Å²) in [6, 6.07) is 13.6. The van der Waals surface area contributed by atoms with Gasteiger partial charge in [0.15, 0.2) is 0 Å². The van der Waals surface area contributed by atoms with Crippen LogP contribution in [-0.4, -0.2) is 4.57 Å². The summed E-state index contributed by atoms with van der Waals surface area (Å²) in [6.07, 6.45) is 0. The molecule has 0 radical (unpaired) electrons. The van der Waals surface area contributed by atoms with Gasteiger partial charge in [0.2, 0.25) is 0 Å². The fourth-order valence-electron chi connectivity index (χ4n) is 2.40. The predicted molar refractivity (Wildman–Crippen MR) is 73.8 cm³/mol. The zero-order valence-electron chi connectivity index (χ0n) is 10.3. The first-order valence-electron chi connectivity index (χ1n) is 5.89. The van der Waals surface area contributed by atoms with Gasteiger partial charge in [-0.05, 0) is 35.5 Å². The van der Waals surface area contributed by atoms with Crippen molar-refractivity contribution < 1.29 is 4.39 Å². The van der Waals surface area contributed by atoms with E-state index in [1.807, 2.05) is 35.9 Å². The molecule has 19 heavy (non-hydrogen) atoms. The lowest BCUT2D eigenvalue weighted by molar-refractivity contribution is 0.628. The molecule has 0 saturated heterocycles.